The topological polar surface area (TPSA) is 68.6 Å². The summed E-state index contributed by atoms with van der Waals surface area (Å²) in [6.45, 7) is 9.14. The molecule has 0 radical (unpaired) electrons. The molecule has 0 spiro atoms. The summed E-state index contributed by atoms with van der Waals surface area (Å²) < 4.78 is 17.9. The summed E-state index contributed by atoms with van der Waals surface area (Å²) in [5.74, 6) is -0.401. The van der Waals surface area contributed by atoms with Crippen molar-refractivity contribution in [1.82, 2.24) is 14.4 Å². The first-order valence-electron chi connectivity index (χ1n) is 11.9. The second-order valence-corrected chi connectivity index (χ2v) is 10.1. The zero-order valence-electron chi connectivity index (χ0n) is 20.9. The molecule has 1 aliphatic carbocycles. The molecule has 3 aromatic rings. The quantitative estimate of drug-likeness (QED) is 0.137. The highest BCUT2D eigenvalue weighted by molar-refractivity contribution is 9.09. The second kappa shape index (κ2) is 12.7. The number of anilines is 1. The van der Waals surface area contributed by atoms with Crippen LogP contribution in [-0.4, -0.2) is 25.4 Å². The summed E-state index contributed by atoms with van der Waals surface area (Å²) in [5.41, 5.74) is 9.55. The Balaban J connectivity index is 0.000000786. The van der Waals surface area contributed by atoms with Gasteiger partial charge in [0.1, 0.15) is 17.0 Å². The van der Waals surface area contributed by atoms with Crippen LogP contribution in [0, 0.1) is 5.92 Å². The van der Waals surface area contributed by atoms with Crippen LogP contribution in [0.1, 0.15) is 18.2 Å². The van der Waals surface area contributed by atoms with Crippen LogP contribution in [0.5, 0.6) is 0 Å². The molecule has 1 unspecified atom stereocenters. The van der Waals surface area contributed by atoms with E-state index < -0.39 is 5.83 Å². The first kappa shape index (κ1) is 27.3. The lowest BCUT2D eigenvalue weighted by molar-refractivity contribution is 0.675. The molecular formula is C30H27BrFN5S. The number of aliphatic imine (C=N–C) groups is 1. The molecule has 3 heterocycles. The Labute approximate surface area is 234 Å². The number of nitrogens with zero attached hydrogens (tertiary/aromatic N) is 4. The first-order chi connectivity index (χ1) is 18.5. The minimum atomic E-state index is -0.418. The van der Waals surface area contributed by atoms with Gasteiger partial charge in [-0.15, -0.1) is 6.58 Å². The Morgan fingerprint density at radius 3 is 2.71 bits per heavy atom. The number of benzene rings is 1. The number of imidazole rings is 1. The third-order valence-electron chi connectivity index (χ3n) is 5.65. The van der Waals surface area contributed by atoms with Gasteiger partial charge >= 0.3 is 0 Å². The molecule has 2 N–H and O–H groups in total. The normalized spacial score (nSPS) is 16.7. The molecular weight excluding hydrogens is 561 g/mol. The van der Waals surface area contributed by atoms with Crippen LogP contribution in [0.15, 0.2) is 125 Å². The maximum absolute atomic E-state index is 16.1. The van der Waals surface area contributed by atoms with Gasteiger partial charge in [-0.3, -0.25) is 4.40 Å². The van der Waals surface area contributed by atoms with Gasteiger partial charge in [0.15, 0.2) is 11.0 Å². The van der Waals surface area contributed by atoms with Crippen LogP contribution in [0.4, 0.5) is 10.2 Å². The fraction of sp³-hybridized carbons (Fsp3) is 0.100. The molecule has 0 amide bonds. The van der Waals surface area contributed by atoms with E-state index in [1.807, 2.05) is 72.0 Å². The largest absolute Gasteiger partial charge is 0.382 e. The Morgan fingerprint density at radius 1 is 1.24 bits per heavy atom. The van der Waals surface area contributed by atoms with Crippen LogP contribution in [0.25, 0.3) is 16.8 Å². The van der Waals surface area contributed by atoms with Crippen molar-refractivity contribution in [3.63, 3.8) is 0 Å². The molecule has 192 valence electrons. The van der Waals surface area contributed by atoms with Crippen LogP contribution < -0.4 is 5.73 Å². The third kappa shape index (κ3) is 5.87. The highest BCUT2D eigenvalue weighted by Gasteiger charge is 2.28. The molecule has 5 nitrogen and oxygen atoms in total. The Kier molecular flexibility index (Phi) is 9.10. The minimum absolute atomic E-state index is 0.267. The van der Waals surface area contributed by atoms with E-state index in [4.69, 9.17) is 15.7 Å². The molecule has 0 saturated heterocycles. The van der Waals surface area contributed by atoms with Gasteiger partial charge in [0.2, 0.25) is 0 Å². The summed E-state index contributed by atoms with van der Waals surface area (Å²) in [5, 5.41) is 1.56. The number of aromatic nitrogens is 3. The highest BCUT2D eigenvalue weighted by atomic mass is 79.9. The lowest BCUT2D eigenvalue weighted by Gasteiger charge is -2.17. The zero-order valence-corrected chi connectivity index (χ0v) is 23.3. The van der Waals surface area contributed by atoms with Crippen molar-refractivity contribution in [2.24, 2.45) is 10.9 Å². The number of fused-ring (bicyclic) bond motifs is 2. The summed E-state index contributed by atoms with van der Waals surface area (Å²) >= 11 is 4.59. The second-order valence-electron chi connectivity index (χ2n) is 8.24. The van der Waals surface area contributed by atoms with E-state index in [9.17, 15) is 0 Å². The van der Waals surface area contributed by atoms with Crippen LogP contribution >= 0.6 is 27.7 Å². The maximum Gasteiger partial charge on any atom is 0.177 e. The molecule has 1 aliphatic heterocycles. The SMILES string of the molecule is C=C/C=C(\C)Sc1nc(C2=C(F)C3=NC(c4ccccc4)=CC=CC3C=C2)c2c(N)nccn12.C=CCBr. The standard InChI is InChI=1S/C27H22FN5S.C3H5Br/c1-3-8-17(2)34-27-32-24(25-26(29)30-15-16-33(25)27)20-14-13-19-11-7-12-21(31-23(19)22(20)28)18-9-5-4-6-10-18;1-2-3-4/h3-16,19H,1H2,2H3,(H2,29,30);2H,1,3H2/b17-8+;. The lowest BCUT2D eigenvalue weighted by Crippen LogP contribution is -2.15. The maximum atomic E-state index is 16.1. The molecule has 0 saturated carbocycles. The van der Waals surface area contributed by atoms with Gasteiger partial charge in [0.05, 0.1) is 11.4 Å². The van der Waals surface area contributed by atoms with E-state index in [0.717, 1.165) is 15.8 Å². The summed E-state index contributed by atoms with van der Waals surface area (Å²) in [6, 6.07) is 9.75. The van der Waals surface area contributed by atoms with Crippen molar-refractivity contribution >= 4 is 56.0 Å². The van der Waals surface area contributed by atoms with Gasteiger partial charge in [-0.2, -0.15) is 0 Å². The summed E-state index contributed by atoms with van der Waals surface area (Å²) in [4.78, 5) is 14.7. The van der Waals surface area contributed by atoms with Crippen molar-refractivity contribution in [2.75, 3.05) is 11.1 Å². The fourth-order valence-corrected chi connectivity index (χ4v) is 4.79. The van der Waals surface area contributed by atoms with E-state index in [-0.39, 0.29) is 11.7 Å². The van der Waals surface area contributed by atoms with Crippen LogP contribution in [0.2, 0.25) is 0 Å². The molecule has 0 bridgehead atoms. The van der Waals surface area contributed by atoms with E-state index in [2.05, 4.69) is 34.1 Å². The number of thioether (sulfide) groups is 1. The van der Waals surface area contributed by atoms with Gasteiger partial charge < -0.3 is 5.73 Å². The molecule has 38 heavy (non-hydrogen) atoms. The van der Waals surface area contributed by atoms with Gasteiger partial charge in [0.25, 0.3) is 0 Å². The number of rotatable bonds is 6. The molecule has 8 heteroatoms. The highest BCUT2D eigenvalue weighted by Crippen LogP contribution is 2.38. The molecule has 2 aromatic heterocycles. The molecule has 1 atom stereocenters. The molecule has 2 aliphatic rings. The molecule has 5 rings (SSSR count). The Hall–Kier alpha value is -3.75. The minimum Gasteiger partial charge on any atom is -0.382 e. The van der Waals surface area contributed by atoms with Gasteiger partial charge in [-0.25, -0.2) is 19.4 Å². The van der Waals surface area contributed by atoms with Crippen molar-refractivity contribution in [2.45, 2.75) is 12.1 Å². The van der Waals surface area contributed by atoms with Crippen molar-refractivity contribution in [1.29, 1.82) is 0 Å². The van der Waals surface area contributed by atoms with Gasteiger partial charge in [-0.05, 0) is 17.9 Å². The summed E-state index contributed by atoms with van der Waals surface area (Å²) in [7, 11) is 0. The average Bonchev–Trinajstić information content (AvgIpc) is 3.14. The van der Waals surface area contributed by atoms with E-state index in [0.29, 0.717) is 33.3 Å². The van der Waals surface area contributed by atoms with Crippen LogP contribution in [-0.2, 0) is 0 Å². The van der Waals surface area contributed by atoms with Crippen molar-refractivity contribution < 1.29 is 4.39 Å². The Bertz CT molecular complexity index is 1540. The van der Waals surface area contributed by atoms with E-state index in [1.165, 1.54) is 11.8 Å². The number of nitrogen functional groups attached to an aromatic ring is 1. The van der Waals surface area contributed by atoms with Crippen LogP contribution in [0.3, 0.4) is 0 Å². The molecule has 1 aromatic carbocycles. The smallest absolute Gasteiger partial charge is 0.177 e. The van der Waals surface area contributed by atoms with Crippen molar-refractivity contribution in [3.05, 3.63) is 126 Å². The number of hydrogen-bond donors (Lipinski definition) is 1. The number of alkyl halides is 1. The lowest BCUT2D eigenvalue weighted by atomic mass is 9.91. The van der Waals surface area contributed by atoms with Gasteiger partial charge in [-0.1, -0.05) is 107 Å². The average molecular weight is 589 g/mol. The third-order valence-corrected chi connectivity index (χ3v) is 7.04. The predicted octanol–water partition coefficient (Wildman–Crippen LogP) is 7.98. The number of nitrogens with two attached hydrogens (primary N) is 1. The monoisotopic (exact) mass is 587 g/mol. The van der Waals surface area contributed by atoms with E-state index in [1.54, 1.807) is 30.6 Å². The predicted molar refractivity (Wildman–Crippen MR) is 163 cm³/mol. The van der Waals surface area contributed by atoms with Crippen molar-refractivity contribution in [3.8, 4) is 0 Å². The number of allylic oxidation sites excluding steroid dienone is 11. The molecule has 0 fully saturated rings. The number of halogens is 2. The first-order valence-corrected chi connectivity index (χ1v) is 13.8. The summed E-state index contributed by atoms with van der Waals surface area (Å²) in [6.07, 6.45) is 18.2. The number of hydrogen-bond acceptors (Lipinski definition) is 5. The van der Waals surface area contributed by atoms with E-state index >= 15 is 4.39 Å². The fourth-order valence-electron chi connectivity index (χ4n) is 3.95. The Morgan fingerprint density at radius 2 is 2.00 bits per heavy atom. The van der Waals surface area contributed by atoms with Gasteiger partial charge in [0, 0.05) is 34.8 Å². The zero-order chi connectivity index (χ0) is 27.1.